The van der Waals surface area contributed by atoms with Gasteiger partial charge in [0, 0.05) is 24.2 Å². The van der Waals surface area contributed by atoms with Gasteiger partial charge < -0.3 is 9.73 Å². The van der Waals surface area contributed by atoms with Gasteiger partial charge in [0.1, 0.15) is 5.76 Å². The summed E-state index contributed by atoms with van der Waals surface area (Å²) in [5, 5.41) is 2.63. The summed E-state index contributed by atoms with van der Waals surface area (Å²) in [5.74, 6) is 0.163. The van der Waals surface area contributed by atoms with Crippen molar-refractivity contribution < 1.29 is 17.6 Å². The standard InChI is InChI=1S/C17H14N4O4S/c22-16(9-6-14-3-1-12-25-14)20-13-4-7-15(8-5-13)26(23,24)21-17-18-10-2-11-19-17/h1-12H,(H,20,22)(H,18,19,21)/b9-6+. The molecule has 26 heavy (non-hydrogen) atoms. The van der Waals surface area contributed by atoms with E-state index in [1.54, 1.807) is 18.2 Å². The Morgan fingerprint density at radius 3 is 2.42 bits per heavy atom. The Kier molecular flexibility index (Phi) is 5.09. The van der Waals surface area contributed by atoms with E-state index in [4.69, 9.17) is 4.42 Å². The second-order valence-corrected chi connectivity index (χ2v) is 6.72. The van der Waals surface area contributed by atoms with Crippen LogP contribution >= 0.6 is 0 Å². The molecule has 3 aromatic rings. The molecule has 2 heterocycles. The largest absolute Gasteiger partial charge is 0.465 e. The van der Waals surface area contributed by atoms with Gasteiger partial charge in [-0.05, 0) is 48.5 Å². The van der Waals surface area contributed by atoms with Crippen LogP contribution in [0.15, 0.2) is 76.5 Å². The number of nitrogens with zero attached hydrogens (tertiary/aromatic N) is 2. The molecule has 9 heteroatoms. The molecule has 132 valence electrons. The number of aromatic nitrogens is 2. The van der Waals surface area contributed by atoms with Crippen molar-refractivity contribution in [3.63, 3.8) is 0 Å². The van der Waals surface area contributed by atoms with Crippen molar-refractivity contribution in [2.75, 3.05) is 10.0 Å². The normalized spacial score (nSPS) is 11.4. The van der Waals surface area contributed by atoms with E-state index in [9.17, 15) is 13.2 Å². The van der Waals surface area contributed by atoms with Gasteiger partial charge in [0.2, 0.25) is 11.9 Å². The minimum absolute atomic E-state index is 0.0204. The van der Waals surface area contributed by atoms with Gasteiger partial charge in [0.25, 0.3) is 10.0 Å². The van der Waals surface area contributed by atoms with E-state index in [1.165, 1.54) is 55.1 Å². The number of hydrogen-bond donors (Lipinski definition) is 2. The highest BCUT2D eigenvalue weighted by molar-refractivity contribution is 7.92. The second kappa shape index (κ2) is 7.62. The number of anilines is 2. The predicted molar refractivity (Wildman–Crippen MR) is 95.7 cm³/mol. The minimum atomic E-state index is -3.81. The fraction of sp³-hybridized carbons (Fsp3) is 0. The first-order valence-corrected chi connectivity index (χ1v) is 8.94. The summed E-state index contributed by atoms with van der Waals surface area (Å²) in [6, 6.07) is 10.7. The lowest BCUT2D eigenvalue weighted by Crippen LogP contribution is -2.15. The first-order chi connectivity index (χ1) is 12.5. The molecule has 1 amide bonds. The summed E-state index contributed by atoms with van der Waals surface area (Å²) in [5.41, 5.74) is 0.453. The maximum absolute atomic E-state index is 12.3. The van der Waals surface area contributed by atoms with Crippen LogP contribution in [-0.2, 0) is 14.8 Å². The Hall–Kier alpha value is -3.46. The van der Waals surface area contributed by atoms with E-state index in [2.05, 4.69) is 20.0 Å². The number of rotatable bonds is 6. The Morgan fingerprint density at radius 1 is 1.04 bits per heavy atom. The lowest BCUT2D eigenvalue weighted by atomic mass is 10.3. The van der Waals surface area contributed by atoms with Crippen LogP contribution in [0.5, 0.6) is 0 Å². The molecule has 0 aliphatic heterocycles. The van der Waals surface area contributed by atoms with Crippen LogP contribution in [0.25, 0.3) is 6.08 Å². The number of furan rings is 1. The Labute approximate surface area is 149 Å². The zero-order valence-corrected chi connectivity index (χ0v) is 14.2. The molecular weight excluding hydrogens is 356 g/mol. The molecule has 3 rings (SSSR count). The fourth-order valence-corrected chi connectivity index (χ4v) is 2.93. The highest BCUT2D eigenvalue weighted by Gasteiger charge is 2.15. The third-order valence-electron chi connectivity index (χ3n) is 3.17. The average molecular weight is 370 g/mol. The molecule has 0 spiro atoms. The fourth-order valence-electron chi connectivity index (χ4n) is 1.98. The molecule has 0 saturated carbocycles. The summed E-state index contributed by atoms with van der Waals surface area (Å²) in [6.07, 6.45) is 7.21. The summed E-state index contributed by atoms with van der Waals surface area (Å²) < 4.78 is 31.9. The molecule has 0 radical (unpaired) electrons. The zero-order valence-electron chi connectivity index (χ0n) is 13.4. The van der Waals surface area contributed by atoms with E-state index in [1.807, 2.05) is 0 Å². The molecule has 0 atom stereocenters. The monoisotopic (exact) mass is 370 g/mol. The third kappa shape index (κ3) is 4.54. The first-order valence-electron chi connectivity index (χ1n) is 7.45. The summed E-state index contributed by atoms with van der Waals surface area (Å²) >= 11 is 0. The number of benzene rings is 1. The molecule has 0 unspecified atom stereocenters. The number of carbonyl (C=O) groups excluding carboxylic acids is 1. The molecule has 0 aliphatic rings. The predicted octanol–water partition coefficient (Wildman–Crippen LogP) is 2.52. The lowest BCUT2D eigenvalue weighted by Gasteiger charge is -2.07. The van der Waals surface area contributed by atoms with Crippen LogP contribution in [0.3, 0.4) is 0 Å². The van der Waals surface area contributed by atoms with Crippen LogP contribution in [0.4, 0.5) is 11.6 Å². The number of sulfonamides is 1. The van der Waals surface area contributed by atoms with Crippen molar-refractivity contribution in [2.45, 2.75) is 4.90 Å². The highest BCUT2D eigenvalue weighted by Crippen LogP contribution is 2.16. The molecular formula is C17H14N4O4S. The first kappa shape index (κ1) is 17.4. The van der Waals surface area contributed by atoms with Gasteiger partial charge in [-0.25, -0.2) is 23.1 Å². The average Bonchev–Trinajstić information content (AvgIpc) is 3.14. The summed E-state index contributed by atoms with van der Waals surface area (Å²) in [6.45, 7) is 0. The smallest absolute Gasteiger partial charge is 0.264 e. The van der Waals surface area contributed by atoms with Crippen molar-refractivity contribution in [2.24, 2.45) is 0 Å². The van der Waals surface area contributed by atoms with Crippen molar-refractivity contribution in [1.29, 1.82) is 0 Å². The van der Waals surface area contributed by atoms with Crippen LogP contribution < -0.4 is 10.0 Å². The summed E-state index contributed by atoms with van der Waals surface area (Å²) in [7, 11) is -3.81. The third-order valence-corrected chi connectivity index (χ3v) is 4.51. The van der Waals surface area contributed by atoms with E-state index in [-0.39, 0.29) is 16.8 Å². The van der Waals surface area contributed by atoms with E-state index in [0.717, 1.165) is 0 Å². The van der Waals surface area contributed by atoms with E-state index >= 15 is 0 Å². The molecule has 8 nitrogen and oxygen atoms in total. The maximum Gasteiger partial charge on any atom is 0.264 e. The molecule has 0 aliphatic carbocycles. The highest BCUT2D eigenvalue weighted by atomic mass is 32.2. The van der Waals surface area contributed by atoms with Gasteiger partial charge >= 0.3 is 0 Å². The topological polar surface area (TPSA) is 114 Å². The lowest BCUT2D eigenvalue weighted by molar-refractivity contribution is -0.111. The van der Waals surface area contributed by atoms with E-state index < -0.39 is 10.0 Å². The summed E-state index contributed by atoms with van der Waals surface area (Å²) in [4.78, 5) is 19.5. The van der Waals surface area contributed by atoms with Gasteiger partial charge in [0.15, 0.2) is 0 Å². The van der Waals surface area contributed by atoms with Crippen LogP contribution in [-0.4, -0.2) is 24.3 Å². The SMILES string of the molecule is O=C(/C=C/c1ccco1)Nc1ccc(S(=O)(=O)Nc2ncccn2)cc1. The molecule has 2 aromatic heterocycles. The number of amides is 1. The van der Waals surface area contributed by atoms with Gasteiger partial charge in [-0.3, -0.25) is 4.79 Å². The number of hydrogen-bond acceptors (Lipinski definition) is 6. The van der Waals surface area contributed by atoms with E-state index in [0.29, 0.717) is 11.4 Å². The second-order valence-electron chi connectivity index (χ2n) is 5.04. The quantitative estimate of drug-likeness (QED) is 0.645. The Balaban J connectivity index is 1.65. The van der Waals surface area contributed by atoms with Crippen molar-refractivity contribution in [3.05, 3.63) is 73.0 Å². The zero-order chi connectivity index (χ0) is 18.4. The van der Waals surface area contributed by atoms with Gasteiger partial charge in [0.05, 0.1) is 11.2 Å². The molecule has 1 aromatic carbocycles. The maximum atomic E-state index is 12.3. The van der Waals surface area contributed by atoms with Crippen LogP contribution in [0, 0.1) is 0 Å². The van der Waals surface area contributed by atoms with Crippen molar-refractivity contribution in [1.82, 2.24) is 9.97 Å². The molecule has 2 N–H and O–H groups in total. The van der Waals surface area contributed by atoms with Crippen LogP contribution in [0.2, 0.25) is 0 Å². The van der Waals surface area contributed by atoms with Crippen LogP contribution in [0.1, 0.15) is 5.76 Å². The van der Waals surface area contributed by atoms with Gasteiger partial charge in [-0.2, -0.15) is 0 Å². The number of nitrogens with one attached hydrogen (secondary N) is 2. The van der Waals surface area contributed by atoms with Crippen molar-refractivity contribution in [3.8, 4) is 0 Å². The Bertz CT molecular complexity index is 999. The molecule has 0 bridgehead atoms. The van der Waals surface area contributed by atoms with Crippen molar-refractivity contribution >= 4 is 33.6 Å². The molecule has 0 fully saturated rings. The Morgan fingerprint density at radius 2 is 1.77 bits per heavy atom. The van der Waals surface area contributed by atoms with Gasteiger partial charge in [-0.15, -0.1) is 0 Å². The minimum Gasteiger partial charge on any atom is -0.465 e. The van der Waals surface area contributed by atoms with Gasteiger partial charge in [-0.1, -0.05) is 0 Å². The molecule has 0 saturated heterocycles. The number of carbonyl (C=O) groups is 1.